The minimum absolute atomic E-state index is 0.0261. The van der Waals surface area contributed by atoms with Crippen LogP contribution >= 0.6 is 0 Å². The summed E-state index contributed by atoms with van der Waals surface area (Å²) in [5.74, 6) is 2.98. The van der Waals surface area contributed by atoms with Gasteiger partial charge in [0.05, 0.1) is 0 Å². The van der Waals surface area contributed by atoms with E-state index in [0.717, 1.165) is 36.2 Å². The molecule has 1 aromatic rings. The van der Waals surface area contributed by atoms with Crippen molar-refractivity contribution in [3.05, 3.63) is 60.5 Å². The summed E-state index contributed by atoms with van der Waals surface area (Å²) in [6.45, 7) is 7.69. The second-order valence-electron chi connectivity index (χ2n) is 7.52. The van der Waals surface area contributed by atoms with Gasteiger partial charge in [-0.3, -0.25) is 0 Å². The number of hydrogen-bond donors (Lipinski definition) is 0. The second-order valence-corrected chi connectivity index (χ2v) is 7.52. The summed E-state index contributed by atoms with van der Waals surface area (Å²) in [6, 6.07) is 5.97. The van der Waals surface area contributed by atoms with Crippen molar-refractivity contribution in [2.45, 2.75) is 57.3 Å². The van der Waals surface area contributed by atoms with Crippen molar-refractivity contribution in [2.24, 2.45) is 17.8 Å². The summed E-state index contributed by atoms with van der Waals surface area (Å²) >= 11 is 0. The first-order valence-corrected chi connectivity index (χ1v) is 9.23. The van der Waals surface area contributed by atoms with E-state index in [2.05, 4.69) is 25.3 Å². The predicted molar refractivity (Wildman–Crippen MR) is 96.0 cm³/mol. The largest absolute Gasteiger partial charge is 0.207 e. The zero-order valence-corrected chi connectivity index (χ0v) is 14.1. The minimum atomic E-state index is -0.0261. The SMILES string of the molecule is C=CCCc1ccc(C2CC[C@@H]3C[C@H](C=C)CC[C@@H]3C2)cc1F. The molecule has 0 N–H and O–H groups in total. The van der Waals surface area contributed by atoms with Gasteiger partial charge in [0.2, 0.25) is 0 Å². The topological polar surface area (TPSA) is 0 Å². The maximum Gasteiger partial charge on any atom is 0.126 e. The summed E-state index contributed by atoms with van der Waals surface area (Å²) in [5.41, 5.74) is 2.04. The molecule has 2 aliphatic carbocycles. The molecule has 2 fully saturated rings. The van der Waals surface area contributed by atoms with Crippen LogP contribution < -0.4 is 0 Å². The van der Waals surface area contributed by atoms with E-state index in [1.165, 1.54) is 44.1 Å². The molecular formula is C22H29F. The summed E-state index contributed by atoms with van der Waals surface area (Å²) in [4.78, 5) is 0. The Kier molecular flexibility index (Phi) is 5.35. The Labute approximate surface area is 140 Å². The third kappa shape index (κ3) is 3.76. The highest BCUT2D eigenvalue weighted by atomic mass is 19.1. The fraction of sp³-hybridized carbons (Fsp3) is 0.545. The molecule has 0 aromatic heterocycles. The minimum Gasteiger partial charge on any atom is -0.207 e. The molecule has 0 radical (unpaired) electrons. The Hall–Kier alpha value is -1.37. The van der Waals surface area contributed by atoms with Crippen LogP contribution in [0.4, 0.5) is 4.39 Å². The zero-order valence-electron chi connectivity index (χ0n) is 14.1. The Morgan fingerprint density at radius 3 is 2.57 bits per heavy atom. The number of hydrogen-bond acceptors (Lipinski definition) is 0. The molecule has 2 aliphatic rings. The first-order chi connectivity index (χ1) is 11.2. The second kappa shape index (κ2) is 7.47. The lowest BCUT2D eigenvalue weighted by Crippen LogP contribution is -2.30. The van der Waals surface area contributed by atoms with E-state index in [-0.39, 0.29) is 5.82 Å². The number of benzene rings is 1. The van der Waals surface area contributed by atoms with Crippen molar-refractivity contribution in [1.82, 2.24) is 0 Å². The average Bonchev–Trinajstić information content (AvgIpc) is 2.59. The first kappa shape index (κ1) is 16.5. The maximum atomic E-state index is 14.3. The van der Waals surface area contributed by atoms with Gasteiger partial charge >= 0.3 is 0 Å². The van der Waals surface area contributed by atoms with Gasteiger partial charge in [-0.2, -0.15) is 0 Å². The summed E-state index contributed by atoms with van der Waals surface area (Å²) in [5, 5.41) is 0. The predicted octanol–water partition coefficient (Wildman–Crippen LogP) is 6.43. The summed E-state index contributed by atoms with van der Waals surface area (Å²) in [7, 11) is 0. The Morgan fingerprint density at radius 1 is 1.04 bits per heavy atom. The molecule has 124 valence electrons. The average molecular weight is 312 g/mol. The van der Waals surface area contributed by atoms with Crippen LogP contribution in [0.3, 0.4) is 0 Å². The fourth-order valence-electron chi connectivity index (χ4n) is 4.72. The molecule has 0 saturated heterocycles. The van der Waals surface area contributed by atoms with Crippen LogP contribution in [-0.2, 0) is 6.42 Å². The number of allylic oxidation sites excluding steroid dienone is 2. The first-order valence-electron chi connectivity index (χ1n) is 9.23. The van der Waals surface area contributed by atoms with E-state index < -0.39 is 0 Å². The van der Waals surface area contributed by atoms with Gasteiger partial charge in [-0.25, -0.2) is 4.39 Å². The van der Waals surface area contributed by atoms with Crippen molar-refractivity contribution < 1.29 is 4.39 Å². The summed E-state index contributed by atoms with van der Waals surface area (Å²) < 4.78 is 14.3. The van der Waals surface area contributed by atoms with Gasteiger partial charge in [-0.15, -0.1) is 13.2 Å². The molecule has 0 heterocycles. The van der Waals surface area contributed by atoms with Crippen molar-refractivity contribution >= 4 is 0 Å². The number of halogens is 1. The highest BCUT2D eigenvalue weighted by Crippen LogP contribution is 2.47. The van der Waals surface area contributed by atoms with Gasteiger partial charge < -0.3 is 0 Å². The molecule has 4 atom stereocenters. The molecule has 0 aliphatic heterocycles. The molecule has 0 spiro atoms. The monoisotopic (exact) mass is 312 g/mol. The van der Waals surface area contributed by atoms with Crippen LogP contribution in [-0.4, -0.2) is 0 Å². The van der Waals surface area contributed by atoms with Crippen molar-refractivity contribution in [2.75, 3.05) is 0 Å². The molecule has 1 aromatic carbocycles. The highest BCUT2D eigenvalue weighted by molar-refractivity contribution is 5.28. The zero-order chi connectivity index (χ0) is 16.2. The van der Waals surface area contributed by atoms with Gasteiger partial charge in [-0.1, -0.05) is 24.3 Å². The maximum absolute atomic E-state index is 14.3. The fourth-order valence-corrected chi connectivity index (χ4v) is 4.72. The number of rotatable bonds is 5. The highest BCUT2D eigenvalue weighted by Gasteiger charge is 2.35. The van der Waals surface area contributed by atoms with E-state index in [1.807, 2.05) is 12.1 Å². The van der Waals surface area contributed by atoms with Gasteiger partial charge in [0.1, 0.15) is 5.82 Å². The van der Waals surface area contributed by atoms with E-state index in [9.17, 15) is 4.39 Å². The van der Waals surface area contributed by atoms with Crippen molar-refractivity contribution in [3.63, 3.8) is 0 Å². The molecule has 1 unspecified atom stereocenters. The van der Waals surface area contributed by atoms with Crippen molar-refractivity contribution in [3.8, 4) is 0 Å². The van der Waals surface area contributed by atoms with Gasteiger partial charge in [0.15, 0.2) is 0 Å². The molecule has 0 nitrogen and oxygen atoms in total. The van der Waals surface area contributed by atoms with Gasteiger partial charge in [0.25, 0.3) is 0 Å². The quantitative estimate of drug-likeness (QED) is 0.549. The van der Waals surface area contributed by atoms with Crippen molar-refractivity contribution in [1.29, 1.82) is 0 Å². The van der Waals surface area contributed by atoms with Crippen LogP contribution in [0, 0.1) is 23.6 Å². The number of fused-ring (bicyclic) bond motifs is 1. The molecular weight excluding hydrogens is 283 g/mol. The molecule has 23 heavy (non-hydrogen) atoms. The molecule has 1 heteroatoms. The summed E-state index contributed by atoms with van der Waals surface area (Å²) in [6.07, 6.45) is 13.3. The Morgan fingerprint density at radius 2 is 1.83 bits per heavy atom. The van der Waals surface area contributed by atoms with Crippen LogP contribution in [0.25, 0.3) is 0 Å². The normalized spacial score (nSPS) is 30.5. The molecule has 2 saturated carbocycles. The van der Waals surface area contributed by atoms with Gasteiger partial charge in [0, 0.05) is 0 Å². The third-order valence-electron chi connectivity index (χ3n) is 6.15. The lowest BCUT2D eigenvalue weighted by Gasteiger charge is -2.41. The van der Waals surface area contributed by atoms with E-state index in [0.29, 0.717) is 5.92 Å². The standard InChI is InChI=1S/C22H29F/c1-3-5-6-17-9-10-21(15-22(17)23)20-12-11-18-13-16(4-2)7-8-19(18)14-20/h3-4,9-10,15-16,18-20H,1-2,5-8,11-14H2/t16-,18-,19-,20?/m1/s1. The van der Waals surface area contributed by atoms with Crippen LogP contribution in [0.5, 0.6) is 0 Å². The smallest absolute Gasteiger partial charge is 0.126 e. The number of aryl methyl sites for hydroxylation is 1. The van der Waals surface area contributed by atoms with Crippen LogP contribution in [0.15, 0.2) is 43.5 Å². The third-order valence-corrected chi connectivity index (χ3v) is 6.15. The van der Waals surface area contributed by atoms with Crippen LogP contribution in [0.2, 0.25) is 0 Å². The lowest BCUT2D eigenvalue weighted by atomic mass is 9.64. The van der Waals surface area contributed by atoms with E-state index in [1.54, 1.807) is 6.07 Å². The van der Waals surface area contributed by atoms with Crippen LogP contribution in [0.1, 0.15) is 62.0 Å². The molecule has 0 amide bonds. The molecule has 3 rings (SSSR count). The Balaban J connectivity index is 1.65. The molecule has 0 bridgehead atoms. The Bertz CT molecular complexity index is 559. The van der Waals surface area contributed by atoms with Gasteiger partial charge in [-0.05, 0) is 92.2 Å². The van der Waals surface area contributed by atoms with E-state index >= 15 is 0 Å². The lowest BCUT2D eigenvalue weighted by molar-refractivity contribution is 0.133. The van der Waals surface area contributed by atoms with E-state index in [4.69, 9.17) is 0 Å².